The first-order valence-electron chi connectivity index (χ1n) is 16.2. The molecule has 0 fully saturated rings. The third-order valence-corrected chi connectivity index (χ3v) is 9.88. The maximum Gasteiger partial charge on any atom is 0.160 e. The van der Waals surface area contributed by atoms with Crippen LogP contribution in [-0.4, -0.2) is 73.4 Å². The molecule has 5 aromatic rings. The summed E-state index contributed by atoms with van der Waals surface area (Å²) in [6.07, 6.45) is 0.903. The molecule has 0 aliphatic rings. The van der Waals surface area contributed by atoms with Crippen molar-refractivity contribution in [3.05, 3.63) is 113 Å². The number of benzene rings is 3. The molecule has 0 aliphatic heterocycles. The molecule has 49 heavy (non-hydrogen) atoms. The van der Waals surface area contributed by atoms with Gasteiger partial charge in [0.2, 0.25) is 0 Å². The molecule has 2 heterocycles. The summed E-state index contributed by atoms with van der Waals surface area (Å²) >= 11 is 3.24. The van der Waals surface area contributed by atoms with Crippen molar-refractivity contribution in [3.8, 4) is 20.2 Å². The molecule has 3 aromatic carbocycles. The topological polar surface area (TPSA) is 75.7 Å². The van der Waals surface area contributed by atoms with E-state index in [9.17, 15) is 4.79 Å². The molecule has 0 saturated heterocycles. The van der Waals surface area contributed by atoms with Crippen molar-refractivity contribution < 1.29 is 33.2 Å². The van der Waals surface area contributed by atoms with E-state index in [1.54, 1.807) is 25.6 Å². The Morgan fingerprint density at radius 3 is 1.41 bits per heavy atom. The van der Waals surface area contributed by atoms with Crippen LogP contribution in [0.3, 0.4) is 0 Å². The van der Waals surface area contributed by atoms with E-state index in [2.05, 4.69) is 89.8 Å². The van der Waals surface area contributed by atoms with Gasteiger partial charge in [-0.2, -0.15) is 0 Å². The van der Waals surface area contributed by atoms with Crippen LogP contribution in [0, 0.1) is 0 Å². The van der Waals surface area contributed by atoms with Crippen LogP contribution in [0.15, 0.2) is 97.1 Å². The highest BCUT2D eigenvalue weighted by Gasteiger charge is 2.14. The summed E-state index contributed by atoms with van der Waals surface area (Å²) in [6.45, 7) is 5.45. The quantitative estimate of drug-likeness (QED) is 0.0524. The van der Waals surface area contributed by atoms with Crippen LogP contribution in [0.2, 0.25) is 0 Å². The lowest BCUT2D eigenvalue weighted by Gasteiger charge is -2.26. The third kappa shape index (κ3) is 11.1. The van der Waals surface area contributed by atoms with Gasteiger partial charge in [0.1, 0.15) is 0 Å². The number of hydrogen-bond acceptors (Lipinski definition) is 10. The Morgan fingerprint density at radius 2 is 0.918 bits per heavy atom. The molecule has 2 aromatic heterocycles. The molecule has 0 bridgehead atoms. The van der Waals surface area contributed by atoms with E-state index in [1.807, 2.05) is 12.1 Å². The highest BCUT2D eigenvalue weighted by Crippen LogP contribution is 2.40. The summed E-state index contributed by atoms with van der Waals surface area (Å²) < 4.78 is 32.6. The molecule has 0 saturated carbocycles. The fourth-order valence-electron chi connectivity index (χ4n) is 4.98. The first-order valence-corrected chi connectivity index (χ1v) is 17.8. The van der Waals surface area contributed by atoms with Crippen LogP contribution < -0.4 is 4.90 Å². The zero-order valence-corrected chi connectivity index (χ0v) is 29.6. The van der Waals surface area contributed by atoms with Crippen LogP contribution in [0.5, 0.6) is 0 Å². The number of nitrogens with zero attached hydrogens (tertiary/aromatic N) is 1. The van der Waals surface area contributed by atoms with Gasteiger partial charge in [0, 0.05) is 45.9 Å². The predicted molar refractivity (Wildman–Crippen MR) is 198 cm³/mol. The first-order chi connectivity index (χ1) is 24.2. The minimum Gasteiger partial charge on any atom is -0.382 e. The second kappa shape index (κ2) is 20.1. The Morgan fingerprint density at radius 1 is 0.490 bits per heavy atom. The second-order valence-corrected chi connectivity index (χ2v) is 13.2. The number of carbonyl (C=O) groups is 1. The van der Waals surface area contributed by atoms with Crippen LogP contribution in [0.25, 0.3) is 20.2 Å². The van der Waals surface area contributed by atoms with Gasteiger partial charge in [0.05, 0.1) is 70.9 Å². The Labute approximate surface area is 296 Å². The van der Waals surface area contributed by atoms with E-state index in [0.717, 1.165) is 54.7 Å². The minimum absolute atomic E-state index is 0.513. The molecule has 0 N–H and O–H groups in total. The maximum absolute atomic E-state index is 11.2. The monoisotopic (exact) mass is 701 g/mol. The van der Waals surface area contributed by atoms with E-state index < -0.39 is 0 Å². The largest absolute Gasteiger partial charge is 0.382 e. The lowest BCUT2D eigenvalue weighted by atomic mass is 10.1. The summed E-state index contributed by atoms with van der Waals surface area (Å²) in [7, 11) is 3.32. The van der Waals surface area contributed by atoms with E-state index in [1.165, 1.54) is 16.2 Å². The smallest absolute Gasteiger partial charge is 0.160 e. The second-order valence-electron chi connectivity index (χ2n) is 11.0. The molecular formula is C39H43NO7S2. The molecular weight excluding hydrogens is 659 g/mol. The summed E-state index contributed by atoms with van der Waals surface area (Å²) in [5, 5.41) is 0. The minimum atomic E-state index is 0.513. The molecule has 10 heteroatoms. The van der Waals surface area contributed by atoms with Crippen molar-refractivity contribution in [2.24, 2.45) is 0 Å². The van der Waals surface area contributed by atoms with Crippen LogP contribution in [-0.2, 0) is 41.6 Å². The molecule has 0 amide bonds. The van der Waals surface area contributed by atoms with Gasteiger partial charge in [-0.3, -0.25) is 4.79 Å². The first kappa shape index (κ1) is 36.6. The summed E-state index contributed by atoms with van der Waals surface area (Å²) in [5.74, 6) is 0. The van der Waals surface area contributed by atoms with Crippen LogP contribution in [0.1, 0.15) is 20.8 Å². The van der Waals surface area contributed by atoms with Gasteiger partial charge in [-0.05, 0) is 77.4 Å². The number of methoxy groups -OCH3 is 2. The lowest BCUT2D eigenvalue weighted by Crippen LogP contribution is -2.11. The number of aldehydes is 1. The highest BCUT2D eigenvalue weighted by molar-refractivity contribution is 7.24. The van der Waals surface area contributed by atoms with E-state index >= 15 is 0 Å². The molecule has 5 rings (SSSR count). The molecule has 0 unspecified atom stereocenters. The van der Waals surface area contributed by atoms with Crippen LogP contribution in [0.4, 0.5) is 17.1 Å². The number of ether oxygens (including phenoxy) is 6. The fourth-order valence-corrected chi connectivity index (χ4v) is 6.91. The summed E-state index contributed by atoms with van der Waals surface area (Å²) in [4.78, 5) is 17.6. The van der Waals surface area contributed by atoms with Gasteiger partial charge in [-0.15, -0.1) is 22.7 Å². The van der Waals surface area contributed by atoms with Gasteiger partial charge in [0.25, 0.3) is 0 Å². The van der Waals surface area contributed by atoms with Crippen LogP contribution >= 0.6 is 22.7 Å². The van der Waals surface area contributed by atoms with E-state index in [4.69, 9.17) is 28.4 Å². The number of rotatable bonds is 22. The van der Waals surface area contributed by atoms with E-state index in [-0.39, 0.29) is 0 Å². The Balaban J connectivity index is 1.28. The predicted octanol–water partition coefficient (Wildman–Crippen LogP) is 8.79. The van der Waals surface area contributed by atoms with Gasteiger partial charge >= 0.3 is 0 Å². The number of thiophene rings is 2. The van der Waals surface area contributed by atoms with Gasteiger partial charge in [0.15, 0.2) is 6.29 Å². The van der Waals surface area contributed by atoms with Crippen molar-refractivity contribution in [1.82, 2.24) is 0 Å². The Hall–Kier alpha value is -3.71. The Kier molecular flexibility index (Phi) is 15.0. The normalized spacial score (nSPS) is 11.2. The molecule has 0 atom stereocenters. The average Bonchev–Trinajstić information content (AvgIpc) is 3.83. The molecule has 8 nitrogen and oxygen atoms in total. The number of anilines is 3. The maximum atomic E-state index is 11.2. The van der Waals surface area contributed by atoms with Crippen molar-refractivity contribution in [1.29, 1.82) is 0 Å². The van der Waals surface area contributed by atoms with E-state index in [0.29, 0.717) is 66.1 Å². The van der Waals surface area contributed by atoms with Gasteiger partial charge < -0.3 is 33.3 Å². The summed E-state index contributed by atoms with van der Waals surface area (Å²) in [6, 6.07) is 33.7. The molecule has 0 spiro atoms. The Bertz CT molecular complexity index is 1610. The van der Waals surface area contributed by atoms with Gasteiger partial charge in [-0.1, -0.05) is 36.4 Å². The van der Waals surface area contributed by atoms with Gasteiger partial charge in [-0.25, -0.2) is 0 Å². The zero-order chi connectivity index (χ0) is 34.1. The molecule has 0 aliphatic carbocycles. The third-order valence-electron chi connectivity index (χ3n) is 7.54. The fraction of sp³-hybridized carbons (Fsp3) is 0.308. The lowest BCUT2D eigenvalue weighted by molar-refractivity contribution is 0.0199. The zero-order valence-electron chi connectivity index (χ0n) is 28.0. The van der Waals surface area contributed by atoms with Crippen molar-refractivity contribution in [2.75, 3.05) is 72.0 Å². The SMILES string of the molecule is COCCOCCOCc1ccc(N(c2ccc(COCCOCCOC)cc2)c2ccc(-c3ccc(-c4ccc(C=O)s4)s3)cc2)cc1. The molecule has 0 radical (unpaired) electrons. The van der Waals surface area contributed by atoms with Crippen molar-refractivity contribution >= 4 is 46.0 Å². The summed E-state index contributed by atoms with van der Waals surface area (Å²) in [5.41, 5.74) is 6.45. The number of hydrogen-bond donors (Lipinski definition) is 0. The average molecular weight is 702 g/mol. The molecule has 258 valence electrons. The van der Waals surface area contributed by atoms with Crippen molar-refractivity contribution in [3.63, 3.8) is 0 Å². The number of carbonyl (C=O) groups excluding carboxylic acids is 1. The van der Waals surface area contributed by atoms with Crippen molar-refractivity contribution in [2.45, 2.75) is 13.2 Å². The highest BCUT2D eigenvalue weighted by atomic mass is 32.1. The standard InChI is InChI=1S/C39H43NO7S2/c1-42-19-21-44-23-25-46-28-30-3-9-33(10-4-30)40(34-11-5-31(6-12-34)29-47-26-24-45-22-20-43-2)35-13-7-32(8-14-35)37-17-18-39(49-37)38-16-15-36(27-41)48-38/h3-18,27H,19-26,28-29H2,1-2H3.